The number of urea groups is 1. The summed E-state index contributed by atoms with van der Waals surface area (Å²) >= 11 is 0. The molecule has 1 N–H and O–H groups in total. The molecule has 5 heteroatoms. The van der Waals surface area contributed by atoms with Crippen molar-refractivity contribution >= 4 is 17.7 Å². The molecule has 0 spiro atoms. The fourth-order valence-electron chi connectivity index (χ4n) is 3.50. The molecule has 2 aromatic rings. The topological polar surface area (TPSA) is 66.5 Å². The third kappa shape index (κ3) is 3.44. The quantitative estimate of drug-likeness (QED) is 0.630. The molecule has 1 atom stereocenters. The number of nitrogens with zero attached hydrogens (tertiary/aromatic N) is 1. The molecule has 1 fully saturated rings. The predicted molar refractivity (Wildman–Crippen MR) is 108 cm³/mol. The van der Waals surface area contributed by atoms with Gasteiger partial charge in [-0.1, -0.05) is 55.8 Å². The van der Waals surface area contributed by atoms with Crippen LogP contribution >= 0.6 is 0 Å². The lowest BCUT2D eigenvalue weighted by Crippen LogP contribution is -2.41. The van der Waals surface area contributed by atoms with Crippen molar-refractivity contribution in [3.05, 3.63) is 70.3 Å². The zero-order valence-electron chi connectivity index (χ0n) is 17.0. The molecule has 28 heavy (non-hydrogen) atoms. The van der Waals surface area contributed by atoms with Gasteiger partial charge in [0.15, 0.2) is 5.78 Å². The van der Waals surface area contributed by atoms with Gasteiger partial charge in [0.1, 0.15) is 5.54 Å². The number of benzene rings is 2. The molecular formula is C23H26N2O3. The molecule has 5 nitrogen and oxygen atoms in total. The Labute approximate surface area is 165 Å². The summed E-state index contributed by atoms with van der Waals surface area (Å²) in [7, 11) is 0. The van der Waals surface area contributed by atoms with Gasteiger partial charge in [0.25, 0.3) is 5.91 Å². The number of amides is 3. The Morgan fingerprint density at radius 3 is 2.32 bits per heavy atom. The van der Waals surface area contributed by atoms with Crippen molar-refractivity contribution < 1.29 is 14.4 Å². The van der Waals surface area contributed by atoms with Crippen LogP contribution < -0.4 is 5.32 Å². The first kappa shape index (κ1) is 19.8. The maximum atomic E-state index is 13.1. The van der Waals surface area contributed by atoms with Crippen molar-refractivity contribution in [2.75, 3.05) is 6.54 Å². The average molecular weight is 378 g/mol. The summed E-state index contributed by atoms with van der Waals surface area (Å²) in [6, 6.07) is 12.7. The summed E-state index contributed by atoms with van der Waals surface area (Å²) in [5, 5.41) is 2.76. The van der Waals surface area contributed by atoms with Gasteiger partial charge in [0, 0.05) is 5.56 Å². The minimum atomic E-state index is -1.17. The second kappa shape index (κ2) is 7.23. The lowest BCUT2D eigenvalue weighted by atomic mass is 9.90. The maximum Gasteiger partial charge on any atom is 0.325 e. The Kier molecular flexibility index (Phi) is 5.11. The first-order valence-corrected chi connectivity index (χ1v) is 9.48. The Bertz CT molecular complexity index is 947. The molecule has 0 aromatic heterocycles. The van der Waals surface area contributed by atoms with E-state index in [2.05, 4.69) is 19.2 Å². The summed E-state index contributed by atoms with van der Waals surface area (Å²) in [6.07, 6.45) is 0. The van der Waals surface area contributed by atoms with E-state index in [1.807, 2.05) is 50.2 Å². The van der Waals surface area contributed by atoms with Crippen LogP contribution in [-0.2, 0) is 10.3 Å². The third-order valence-electron chi connectivity index (χ3n) is 5.42. The maximum absolute atomic E-state index is 13.1. The molecule has 0 radical (unpaired) electrons. The van der Waals surface area contributed by atoms with Gasteiger partial charge in [0.05, 0.1) is 6.54 Å². The van der Waals surface area contributed by atoms with Gasteiger partial charge in [-0.3, -0.25) is 14.5 Å². The fraction of sp³-hybridized carbons (Fsp3) is 0.348. The van der Waals surface area contributed by atoms with Crippen molar-refractivity contribution in [2.45, 2.75) is 46.1 Å². The molecule has 1 aliphatic rings. The largest absolute Gasteiger partial charge is 0.325 e. The van der Waals surface area contributed by atoms with Gasteiger partial charge in [-0.05, 0) is 49.4 Å². The molecule has 0 aliphatic carbocycles. The highest BCUT2D eigenvalue weighted by molar-refractivity contribution is 6.11. The van der Waals surface area contributed by atoms with Gasteiger partial charge >= 0.3 is 6.03 Å². The highest BCUT2D eigenvalue weighted by Crippen LogP contribution is 2.30. The number of carbonyl (C=O) groups excluding carboxylic acids is 3. The van der Waals surface area contributed by atoms with Crippen LogP contribution in [0.2, 0.25) is 0 Å². The molecule has 1 saturated heterocycles. The molecule has 0 saturated carbocycles. The van der Waals surface area contributed by atoms with Crippen molar-refractivity contribution in [3.8, 4) is 0 Å². The number of Topliss-reactive ketones (excluding diaryl/α,β-unsaturated/α-hetero) is 1. The summed E-state index contributed by atoms with van der Waals surface area (Å²) in [5.41, 5.74) is 3.02. The van der Waals surface area contributed by atoms with Crippen LogP contribution in [0.15, 0.2) is 42.5 Å². The van der Waals surface area contributed by atoms with E-state index < -0.39 is 17.5 Å². The zero-order chi connectivity index (χ0) is 20.6. The first-order valence-electron chi connectivity index (χ1n) is 9.48. The number of aryl methyl sites for hydroxylation is 2. The molecule has 2 aromatic carbocycles. The number of nitrogens with one attached hydrogen (secondary N) is 1. The van der Waals surface area contributed by atoms with Gasteiger partial charge in [-0.25, -0.2) is 4.79 Å². The molecule has 1 heterocycles. The minimum Gasteiger partial charge on any atom is -0.319 e. The van der Waals surface area contributed by atoms with Crippen LogP contribution in [0.5, 0.6) is 0 Å². The second-order valence-corrected chi connectivity index (χ2v) is 7.96. The number of hydrogen-bond acceptors (Lipinski definition) is 3. The van der Waals surface area contributed by atoms with Gasteiger partial charge < -0.3 is 5.32 Å². The lowest BCUT2D eigenvalue weighted by Gasteiger charge is -2.23. The molecule has 146 valence electrons. The van der Waals surface area contributed by atoms with E-state index in [1.165, 1.54) is 0 Å². The number of ketones is 1. The summed E-state index contributed by atoms with van der Waals surface area (Å²) in [4.78, 5) is 39.3. The molecule has 0 bridgehead atoms. The van der Waals surface area contributed by atoms with E-state index in [9.17, 15) is 14.4 Å². The van der Waals surface area contributed by atoms with Gasteiger partial charge in [-0.2, -0.15) is 0 Å². The molecule has 0 unspecified atom stereocenters. The van der Waals surface area contributed by atoms with Crippen molar-refractivity contribution in [1.82, 2.24) is 10.2 Å². The third-order valence-corrected chi connectivity index (χ3v) is 5.42. The predicted octanol–water partition coefficient (Wildman–Crippen LogP) is 4.08. The SMILES string of the molecule is Cc1ccc(C)c(C(=O)CN2C(=O)N[C@](C)(c3ccc(C(C)C)cc3)C2=O)c1. The molecule has 1 aliphatic heterocycles. The van der Waals surface area contributed by atoms with E-state index in [-0.39, 0.29) is 12.3 Å². The Morgan fingerprint density at radius 1 is 1.07 bits per heavy atom. The van der Waals surface area contributed by atoms with Crippen LogP contribution in [0.25, 0.3) is 0 Å². The lowest BCUT2D eigenvalue weighted by molar-refractivity contribution is -0.130. The summed E-state index contributed by atoms with van der Waals surface area (Å²) < 4.78 is 0. The van der Waals surface area contributed by atoms with E-state index in [1.54, 1.807) is 13.0 Å². The van der Waals surface area contributed by atoms with E-state index in [4.69, 9.17) is 0 Å². The number of carbonyl (C=O) groups is 3. The number of imide groups is 1. The normalized spacial score (nSPS) is 19.3. The van der Waals surface area contributed by atoms with E-state index in [0.717, 1.165) is 21.6 Å². The smallest absolute Gasteiger partial charge is 0.319 e. The van der Waals surface area contributed by atoms with E-state index >= 15 is 0 Å². The summed E-state index contributed by atoms with van der Waals surface area (Å²) in [6.45, 7) is 9.36. The monoisotopic (exact) mass is 378 g/mol. The van der Waals surface area contributed by atoms with Crippen LogP contribution in [0.4, 0.5) is 4.79 Å². The van der Waals surface area contributed by atoms with Crippen molar-refractivity contribution in [3.63, 3.8) is 0 Å². The first-order chi connectivity index (χ1) is 13.1. The molecular weight excluding hydrogens is 352 g/mol. The second-order valence-electron chi connectivity index (χ2n) is 7.96. The van der Waals surface area contributed by atoms with Crippen LogP contribution in [-0.4, -0.2) is 29.2 Å². The Morgan fingerprint density at radius 2 is 1.71 bits per heavy atom. The van der Waals surface area contributed by atoms with Crippen molar-refractivity contribution in [1.29, 1.82) is 0 Å². The van der Waals surface area contributed by atoms with Crippen molar-refractivity contribution in [2.24, 2.45) is 0 Å². The standard InChI is InChI=1S/C23H26N2O3/c1-14(2)17-8-10-18(11-9-17)23(5)21(27)25(22(28)24-23)13-20(26)19-12-15(3)6-7-16(19)4/h6-12,14H,13H2,1-5H3,(H,24,28)/t23-/m1/s1. The Balaban J connectivity index is 1.85. The highest BCUT2D eigenvalue weighted by atomic mass is 16.2. The Hall–Kier alpha value is -2.95. The molecule has 3 amide bonds. The highest BCUT2D eigenvalue weighted by Gasteiger charge is 2.49. The van der Waals surface area contributed by atoms with Gasteiger partial charge in [-0.15, -0.1) is 0 Å². The van der Waals surface area contributed by atoms with Crippen LogP contribution in [0, 0.1) is 13.8 Å². The summed E-state index contributed by atoms with van der Waals surface area (Å²) in [5.74, 6) is -0.278. The number of hydrogen-bond donors (Lipinski definition) is 1. The van der Waals surface area contributed by atoms with Crippen LogP contribution in [0.3, 0.4) is 0 Å². The minimum absolute atomic E-state index is 0.246. The molecule has 3 rings (SSSR count). The van der Waals surface area contributed by atoms with Gasteiger partial charge in [0.2, 0.25) is 0 Å². The fourth-order valence-corrected chi connectivity index (χ4v) is 3.50. The average Bonchev–Trinajstić information content (AvgIpc) is 2.87. The zero-order valence-corrected chi connectivity index (χ0v) is 17.0. The van der Waals surface area contributed by atoms with Crippen LogP contribution in [0.1, 0.15) is 59.3 Å². The number of rotatable bonds is 5. The van der Waals surface area contributed by atoms with E-state index in [0.29, 0.717) is 17.0 Å².